The van der Waals surface area contributed by atoms with Crippen LogP contribution in [-0.4, -0.2) is 12.5 Å². The summed E-state index contributed by atoms with van der Waals surface area (Å²) >= 11 is 0. The van der Waals surface area contributed by atoms with Gasteiger partial charge in [0.2, 0.25) is 5.91 Å². The maximum atomic E-state index is 12.3. The van der Waals surface area contributed by atoms with Crippen LogP contribution in [0.5, 0.6) is 0 Å². The van der Waals surface area contributed by atoms with Gasteiger partial charge < -0.3 is 10.6 Å². The zero-order valence-corrected chi connectivity index (χ0v) is 14.7. The summed E-state index contributed by atoms with van der Waals surface area (Å²) in [6.45, 7) is 4.39. The lowest BCUT2D eigenvalue weighted by molar-refractivity contribution is -0.121. The van der Waals surface area contributed by atoms with Gasteiger partial charge in [0, 0.05) is 6.04 Å². The highest BCUT2D eigenvalue weighted by Gasteiger charge is 2.13. The topological polar surface area (TPSA) is 41.1 Å². The molecule has 0 aliphatic rings. The molecule has 3 aromatic rings. The van der Waals surface area contributed by atoms with Gasteiger partial charge in [-0.05, 0) is 35.7 Å². The number of benzene rings is 3. The van der Waals surface area contributed by atoms with Crippen LogP contribution in [0.25, 0.3) is 10.8 Å². The highest BCUT2D eigenvalue weighted by molar-refractivity contribution is 5.87. The van der Waals surface area contributed by atoms with Gasteiger partial charge in [-0.3, -0.25) is 4.79 Å². The molecule has 0 saturated carbocycles. The summed E-state index contributed by atoms with van der Waals surface area (Å²) in [4.78, 5) is 12.3. The Balaban J connectivity index is 1.61. The predicted octanol–water partition coefficient (Wildman–Crippen LogP) is 4.37. The van der Waals surface area contributed by atoms with Gasteiger partial charge in [-0.15, -0.1) is 0 Å². The van der Waals surface area contributed by atoms with E-state index in [1.807, 2.05) is 43.3 Å². The van der Waals surface area contributed by atoms with E-state index in [-0.39, 0.29) is 18.0 Å². The van der Waals surface area contributed by atoms with Crippen molar-refractivity contribution in [2.24, 2.45) is 0 Å². The molecule has 0 heterocycles. The maximum absolute atomic E-state index is 12.3. The first-order valence-electron chi connectivity index (χ1n) is 8.70. The van der Waals surface area contributed by atoms with Gasteiger partial charge in [-0.1, -0.05) is 72.8 Å². The lowest BCUT2D eigenvalue weighted by atomic mass is 10.00. The van der Waals surface area contributed by atoms with Crippen molar-refractivity contribution >= 4 is 16.7 Å². The molecule has 0 aliphatic heterocycles. The molecule has 0 aliphatic carbocycles. The molecule has 2 atom stereocenters. The number of hydrogen-bond acceptors (Lipinski definition) is 2. The SMILES string of the molecule is C[C@H](NCC(=O)N[C@H](C)c1cccc2ccccc12)c1ccccc1. The maximum Gasteiger partial charge on any atom is 0.234 e. The van der Waals surface area contributed by atoms with E-state index in [1.54, 1.807) is 0 Å². The largest absolute Gasteiger partial charge is 0.348 e. The smallest absolute Gasteiger partial charge is 0.234 e. The van der Waals surface area contributed by atoms with Gasteiger partial charge >= 0.3 is 0 Å². The van der Waals surface area contributed by atoms with Crippen LogP contribution < -0.4 is 10.6 Å². The zero-order chi connectivity index (χ0) is 17.6. The third-order valence-electron chi connectivity index (χ3n) is 4.54. The summed E-state index contributed by atoms with van der Waals surface area (Å²) in [5.74, 6) is 0.00298. The van der Waals surface area contributed by atoms with Crippen LogP contribution in [0.1, 0.15) is 37.1 Å². The Hall–Kier alpha value is -2.65. The van der Waals surface area contributed by atoms with Crippen LogP contribution in [0.2, 0.25) is 0 Å². The Kier molecular flexibility index (Phi) is 5.46. The molecule has 0 unspecified atom stereocenters. The van der Waals surface area contributed by atoms with E-state index in [1.165, 1.54) is 16.3 Å². The average Bonchev–Trinajstić information content (AvgIpc) is 2.66. The molecular formula is C22H24N2O. The van der Waals surface area contributed by atoms with Crippen LogP contribution in [-0.2, 0) is 4.79 Å². The van der Waals surface area contributed by atoms with Gasteiger partial charge in [0.15, 0.2) is 0 Å². The van der Waals surface area contributed by atoms with E-state index in [9.17, 15) is 4.79 Å². The van der Waals surface area contributed by atoms with Gasteiger partial charge in [0.25, 0.3) is 0 Å². The van der Waals surface area contributed by atoms with Crippen LogP contribution in [0.3, 0.4) is 0 Å². The minimum atomic E-state index is -0.0348. The van der Waals surface area contributed by atoms with Crippen molar-refractivity contribution in [3.8, 4) is 0 Å². The Morgan fingerprint density at radius 3 is 2.32 bits per heavy atom. The molecule has 3 heteroatoms. The summed E-state index contributed by atoms with van der Waals surface area (Å²) in [6, 6.07) is 24.7. The highest BCUT2D eigenvalue weighted by atomic mass is 16.1. The Bertz CT molecular complexity index is 840. The lowest BCUT2D eigenvalue weighted by Crippen LogP contribution is -2.36. The second kappa shape index (κ2) is 7.95. The summed E-state index contributed by atoms with van der Waals surface area (Å²) < 4.78 is 0. The Labute approximate surface area is 149 Å². The molecule has 0 radical (unpaired) electrons. The fraction of sp³-hybridized carbons (Fsp3) is 0.227. The quantitative estimate of drug-likeness (QED) is 0.704. The van der Waals surface area contributed by atoms with Gasteiger partial charge in [-0.25, -0.2) is 0 Å². The summed E-state index contributed by atoms with van der Waals surface area (Å²) in [6.07, 6.45) is 0. The molecule has 0 fully saturated rings. The van der Waals surface area contributed by atoms with Crippen molar-refractivity contribution in [1.82, 2.24) is 10.6 Å². The van der Waals surface area contributed by atoms with Gasteiger partial charge in [0.1, 0.15) is 0 Å². The average molecular weight is 332 g/mol. The standard InChI is InChI=1S/C22H24N2O/c1-16(18-9-4-3-5-10-18)23-15-22(25)24-17(2)20-14-8-12-19-11-6-7-13-21(19)20/h3-14,16-17,23H,15H2,1-2H3,(H,24,25)/t16-,17+/m0/s1. The van der Waals surface area contributed by atoms with Crippen LogP contribution >= 0.6 is 0 Å². The molecule has 0 saturated heterocycles. The number of amides is 1. The molecule has 128 valence electrons. The highest BCUT2D eigenvalue weighted by Crippen LogP contribution is 2.23. The molecule has 3 aromatic carbocycles. The Morgan fingerprint density at radius 2 is 1.52 bits per heavy atom. The summed E-state index contributed by atoms with van der Waals surface area (Å²) in [5, 5.41) is 8.75. The number of rotatable bonds is 6. The Morgan fingerprint density at radius 1 is 0.840 bits per heavy atom. The van der Waals surface area contributed by atoms with Crippen molar-refractivity contribution < 1.29 is 4.79 Å². The molecule has 0 bridgehead atoms. The molecule has 25 heavy (non-hydrogen) atoms. The van der Waals surface area contributed by atoms with Crippen molar-refractivity contribution in [3.05, 3.63) is 83.9 Å². The molecule has 3 nitrogen and oxygen atoms in total. The van der Waals surface area contributed by atoms with Crippen molar-refractivity contribution in [2.75, 3.05) is 6.54 Å². The second-order valence-corrected chi connectivity index (χ2v) is 6.37. The number of fused-ring (bicyclic) bond motifs is 1. The zero-order valence-electron chi connectivity index (χ0n) is 14.7. The van der Waals surface area contributed by atoms with E-state index < -0.39 is 0 Å². The summed E-state index contributed by atoms with van der Waals surface area (Å²) in [7, 11) is 0. The lowest BCUT2D eigenvalue weighted by Gasteiger charge is -2.18. The number of hydrogen-bond donors (Lipinski definition) is 2. The molecule has 3 rings (SSSR count). The van der Waals surface area contributed by atoms with E-state index in [2.05, 4.69) is 54.0 Å². The molecule has 2 N–H and O–H groups in total. The van der Waals surface area contributed by atoms with Crippen molar-refractivity contribution in [3.63, 3.8) is 0 Å². The van der Waals surface area contributed by atoms with Crippen molar-refractivity contribution in [1.29, 1.82) is 0 Å². The van der Waals surface area contributed by atoms with E-state index in [4.69, 9.17) is 0 Å². The molecule has 0 spiro atoms. The van der Waals surface area contributed by atoms with Crippen LogP contribution in [0.15, 0.2) is 72.8 Å². The van der Waals surface area contributed by atoms with E-state index in [0.29, 0.717) is 6.54 Å². The third kappa shape index (κ3) is 4.25. The monoisotopic (exact) mass is 332 g/mol. The first kappa shape index (κ1) is 17.2. The minimum Gasteiger partial charge on any atom is -0.348 e. The van der Waals surface area contributed by atoms with Crippen molar-refractivity contribution in [2.45, 2.75) is 25.9 Å². The number of carbonyl (C=O) groups excluding carboxylic acids is 1. The molecule has 1 amide bonds. The second-order valence-electron chi connectivity index (χ2n) is 6.37. The van der Waals surface area contributed by atoms with E-state index >= 15 is 0 Å². The third-order valence-corrected chi connectivity index (χ3v) is 4.54. The number of carbonyl (C=O) groups is 1. The minimum absolute atomic E-state index is 0.00298. The molecule has 0 aromatic heterocycles. The van der Waals surface area contributed by atoms with Gasteiger partial charge in [-0.2, -0.15) is 0 Å². The fourth-order valence-corrected chi connectivity index (χ4v) is 3.10. The van der Waals surface area contributed by atoms with E-state index in [0.717, 1.165) is 5.56 Å². The molecular weight excluding hydrogens is 308 g/mol. The first-order valence-corrected chi connectivity index (χ1v) is 8.70. The fourth-order valence-electron chi connectivity index (χ4n) is 3.10. The normalized spacial score (nSPS) is 13.4. The van der Waals surface area contributed by atoms with Crippen LogP contribution in [0.4, 0.5) is 0 Å². The predicted molar refractivity (Wildman–Crippen MR) is 103 cm³/mol. The number of nitrogens with one attached hydrogen (secondary N) is 2. The first-order chi connectivity index (χ1) is 12.1. The summed E-state index contributed by atoms with van der Waals surface area (Å²) in [5.41, 5.74) is 2.32. The van der Waals surface area contributed by atoms with Gasteiger partial charge in [0.05, 0.1) is 12.6 Å². The van der Waals surface area contributed by atoms with Crippen LogP contribution in [0, 0.1) is 0 Å².